The largest absolute Gasteiger partial charge is 0.497 e. The van der Waals surface area contributed by atoms with Crippen molar-refractivity contribution in [3.05, 3.63) is 35.9 Å². The molecule has 0 radical (unpaired) electrons. The first-order valence-electron chi connectivity index (χ1n) is 6.69. The van der Waals surface area contributed by atoms with Crippen molar-refractivity contribution in [2.75, 3.05) is 7.11 Å². The molecule has 1 rings (SSSR count). The van der Waals surface area contributed by atoms with Gasteiger partial charge in [0.1, 0.15) is 17.9 Å². The van der Waals surface area contributed by atoms with Crippen LogP contribution in [0.1, 0.15) is 19.4 Å². The van der Waals surface area contributed by atoms with Crippen LogP contribution in [0.4, 0.5) is 0 Å². The normalized spacial score (nSPS) is 13.0. The van der Waals surface area contributed by atoms with Crippen LogP contribution in [0.5, 0.6) is 5.75 Å². The maximum absolute atomic E-state index is 11.7. The van der Waals surface area contributed by atoms with E-state index < -0.39 is 24.0 Å². The highest BCUT2D eigenvalue weighted by atomic mass is 16.5. The van der Waals surface area contributed by atoms with Gasteiger partial charge in [-0.2, -0.15) is 5.26 Å². The predicted octanol–water partition coefficient (Wildman–Crippen LogP) is 1.67. The van der Waals surface area contributed by atoms with Gasteiger partial charge in [-0.1, -0.05) is 12.1 Å². The smallest absolute Gasteiger partial charge is 0.329 e. The molecule has 116 valence electrons. The van der Waals surface area contributed by atoms with Gasteiger partial charge >= 0.3 is 5.97 Å². The zero-order valence-electron chi connectivity index (χ0n) is 12.7. The highest BCUT2D eigenvalue weighted by Gasteiger charge is 2.18. The molecule has 2 atom stereocenters. The Hall–Kier alpha value is -2.81. The zero-order chi connectivity index (χ0) is 16.5. The van der Waals surface area contributed by atoms with Gasteiger partial charge in [-0.15, -0.1) is 0 Å². The van der Waals surface area contributed by atoms with E-state index in [4.69, 9.17) is 14.7 Å². The highest BCUT2D eigenvalue weighted by molar-refractivity contribution is 5.94. The Morgan fingerprint density at radius 2 is 1.91 bits per heavy atom. The summed E-state index contributed by atoms with van der Waals surface area (Å²) in [7, 11) is 1.58. The Labute approximate surface area is 129 Å². The van der Waals surface area contributed by atoms with Crippen molar-refractivity contribution in [3.63, 3.8) is 0 Å². The van der Waals surface area contributed by atoms with E-state index in [0.717, 1.165) is 11.3 Å². The third kappa shape index (κ3) is 5.67. The molecule has 0 bridgehead atoms. The molecule has 22 heavy (non-hydrogen) atoms. The second-order valence-corrected chi connectivity index (χ2v) is 4.54. The molecule has 1 N–H and O–H groups in total. The van der Waals surface area contributed by atoms with Crippen LogP contribution in [0.3, 0.4) is 0 Å². The Balaban J connectivity index is 2.52. The molecule has 1 amide bonds. The van der Waals surface area contributed by atoms with Gasteiger partial charge in [-0.05, 0) is 37.6 Å². The molecule has 0 aliphatic heterocycles. The first-order chi connectivity index (χ1) is 10.5. The number of methoxy groups -OCH3 is 1. The summed E-state index contributed by atoms with van der Waals surface area (Å²) >= 11 is 0. The number of hydrogen-bond donors (Lipinski definition) is 1. The van der Waals surface area contributed by atoms with Crippen molar-refractivity contribution in [1.29, 1.82) is 5.26 Å². The average Bonchev–Trinajstić information content (AvgIpc) is 2.53. The first-order valence-corrected chi connectivity index (χ1v) is 6.69. The molecule has 0 aromatic heterocycles. The van der Waals surface area contributed by atoms with E-state index >= 15 is 0 Å². The van der Waals surface area contributed by atoms with Crippen LogP contribution in [0.2, 0.25) is 0 Å². The third-order valence-corrected chi connectivity index (χ3v) is 2.73. The molecular formula is C16H18N2O4. The van der Waals surface area contributed by atoms with Gasteiger partial charge in [-0.25, -0.2) is 4.79 Å². The van der Waals surface area contributed by atoms with Crippen LogP contribution < -0.4 is 10.1 Å². The van der Waals surface area contributed by atoms with Crippen molar-refractivity contribution >= 4 is 18.0 Å². The predicted molar refractivity (Wildman–Crippen MR) is 80.8 cm³/mol. The Morgan fingerprint density at radius 1 is 1.27 bits per heavy atom. The lowest BCUT2D eigenvalue weighted by Crippen LogP contribution is -2.39. The summed E-state index contributed by atoms with van der Waals surface area (Å²) in [4.78, 5) is 23.3. The summed E-state index contributed by atoms with van der Waals surface area (Å²) in [5.41, 5.74) is 0.823. The zero-order valence-corrected chi connectivity index (χ0v) is 12.7. The standard InChI is InChI=1S/C16H18N2O4/c1-11(10-17)22-16(20)12(2)18-15(19)9-6-13-4-7-14(21-3)8-5-13/h4-9,11-12H,1-3H3,(H,18,19)/b9-6+/t11-,12+/m1/s1. The van der Waals surface area contributed by atoms with Crippen molar-refractivity contribution in [2.24, 2.45) is 0 Å². The fourth-order valence-electron chi connectivity index (χ4n) is 1.51. The summed E-state index contributed by atoms with van der Waals surface area (Å²) in [5.74, 6) is -0.352. The fourth-order valence-corrected chi connectivity index (χ4v) is 1.51. The van der Waals surface area contributed by atoms with Gasteiger partial charge < -0.3 is 14.8 Å². The first kappa shape index (κ1) is 17.2. The van der Waals surface area contributed by atoms with Crippen LogP contribution in [0.25, 0.3) is 6.08 Å². The summed E-state index contributed by atoms with van der Waals surface area (Å²) in [6, 6.07) is 8.11. The molecule has 0 fully saturated rings. The van der Waals surface area contributed by atoms with Gasteiger partial charge in [-0.3, -0.25) is 4.79 Å². The summed E-state index contributed by atoms with van der Waals surface area (Å²) < 4.78 is 9.83. The van der Waals surface area contributed by atoms with Crippen molar-refractivity contribution in [1.82, 2.24) is 5.32 Å². The van der Waals surface area contributed by atoms with Crippen LogP contribution in [0.15, 0.2) is 30.3 Å². The number of esters is 1. The summed E-state index contributed by atoms with van der Waals surface area (Å²) in [6.45, 7) is 2.95. The van der Waals surface area contributed by atoms with E-state index in [9.17, 15) is 9.59 Å². The van der Waals surface area contributed by atoms with Crippen molar-refractivity contribution in [2.45, 2.75) is 26.0 Å². The number of nitriles is 1. The number of benzene rings is 1. The molecule has 0 heterocycles. The maximum atomic E-state index is 11.7. The number of carbonyl (C=O) groups excluding carboxylic acids is 2. The molecule has 1 aromatic carbocycles. The lowest BCUT2D eigenvalue weighted by molar-refractivity contribution is -0.149. The Kier molecular flexibility index (Phi) is 6.64. The third-order valence-electron chi connectivity index (χ3n) is 2.73. The van der Waals surface area contributed by atoms with Crippen LogP contribution in [-0.2, 0) is 14.3 Å². The molecule has 0 unspecified atom stereocenters. The number of carbonyl (C=O) groups is 2. The SMILES string of the molecule is COc1ccc(/C=C/C(=O)N[C@@H](C)C(=O)O[C@H](C)C#N)cc1. The molecule has 6 heteroatoms. The number of rotatable bonds is 6. The highest BCUT2D eigenvalue weighted by Crippen LogP contribution is 2.12. The molecule has 0 aliphatic carbocycles. The number of nitrogens with one attached hydrogen (secondary N) is 1. The second kappa shape index (κ2) is 8.47. The number of nitrogens with zero attached hydrogens (tertiary/aromatic N) is 1. The van der Waals surface area contributed by atoms with Crippen LogP contribution in [0, 0.1) is 11.3 Å². The minimum Gasteiger partial charge on any atom is -0.497 e. The van der Waals surface area contributed by atoms with Crippen molar-refractivity contribution in [3.8, 4) is 11.8 Å². The molecule has 6 nitrogen and oxygen atoms in total. The molecule has 1 aromatic rings. The quantitative estimate of drug-likeness (QED) is 0.638. The van der Waals surface area contributed by atoms with Gasteiger partial charge in [0.15, 0.2) is 6.10 Å². The van der Waals surface area contributed by atoms with E-state index in [-0.39, 0.29) is 0 Å². The summed E-state index contributed by atoms with van der Waals surface area (Å²) in [6.07, 6.45) is 2.09. The molecule has 0 saturated carbocycles. The lowest BCUT2D eigenvalue weighted by Gasteiger charge is -2.13. The van der Waals surface area contributed by atoms with E-state index in [0.29, 0.717) is 0 Å². The van der Waals surface area contributed by atoms with E-state index in [1.165, 1.54) is 19.9 Å². The lowest BCUT2D eigenvalue weighted by atomic mass is 10.2. The number of amides is 1. The fraction of sp³-hybridized carbons (Fsp3) is 0.312. The van der Waals surface area contributed by atoms with Gasteiger partial charge in [0.2, 0.25) is 5.91 Å². The Morgan fingerprint density at radius 3 is 2.45 bits per heavy atom. The monoisotopic (exact) mass is 302 g/mol. The summed E-state index contributed by atoms with van der Waals surface area (Å²) in [5, 5.41) is 11.0. The molecular weight excluding hydrogens is 284 g/mol. The average molecular weight is 302 g/mol. The van der Waals surface area contributed by atoms with E-state index in [1.807, 2.05) is 0 Å². The van der Waals surface area contributed by atoms with E-state index in [1.54, 1.807) is 43.5 Å². The number of hydrogen-bond acceptors (Lipinski definition) is 5. The van der Waals surface area contributed by atoms with Crippen LogP contribution in [-0.4, -0.2) is 31.1 Å². The Bertz CT molecular complexity index is 587. The minimum absolute atomic E-state index is 0.426. The van der Waals surface area contributed by atoms with Gasteiger partial charge in [0, 0.05) is 6.08 Å². The van der Waals surface area contributed by atoms with Crippen molar-refractivity contribution < 1.29 is 19.1 Å². The maximum Gasteiger partial charge on any atom is 0.329 e. The topological polar surface area (TPSA) is 88.4 Å². The second-order valence-electron chi connectivity index (χ2n) is 4.54. The molecule has 0 spiro atoms. The van der Waals surface area contributed by atoms with Gasteiger partial charge in [0.05, 0.1) is 7.11 Å². The number of ether oxygens (including phenoxy) is 2. The minimum atomic E-state index is -0.846. The van der Waals surface area contributed by atoms with Crippen LogP contribution >= 0.6 is 0 Å². The van der Waals surface area contributed by atoms with Gasteiger partial charge in [0.25, 0.3) is 0 Å². The molecule has 0 aliphatic rings. The molecule has 0 saturated heterocycles. The van der Waals surface area contributed by atoms with E-state index in [2.05, 4.69) is 5.32 Å².